The van der Waals surface area contributed by atoms with Crippen molar-refractivity contribution >= 4 is 5.91 Å². The Kier molecular flexibility index (Phi) is 6.19. The van der Waals surface area contributed by atoms with Gasteiger partial charge in [0.1, 0.15) is 13.2 Å². The molecule has 138 valence electrons. The highest BCUT2D eigenvalue weighted by molar-refractivity contribution is 5.76. The van der Waals surface area contributed by atoms with Crippen LogP contribution in [0, 0.1) is 11.8 Å². The molecule has 0 spiro atoms. The predicted molar refractivity (Wildman–Crippen MR) is 98.0 cm³/mol. The fraction of sp³-hybridized carbons (Fsp3) is 0.650. The van der Waals surface area contributed by atoms with Crippen molar-refractivity contribution in [3.63, 3.8) is 0 Å². The largest absolute Gasteiger partial charge is 0.486 e. The van der Waals surface area contributed by atoms with Gasteiger partial charge in [-0.15, -0.1) is 0 Å². The number of fused-ring (bicyclic) bond motifs is 1. The first-order chi connectivity index (χ1) is 12.2. The number of ether oxygens (including phenoxy) is 2. The summed E-state index contributed by atoms with van der Waals surface area (Å²) < 4.78 is 11.2. The number of nitrogens with one attached hydrogen (secondary N) is 2. The zero-order valence-electron chi connectivity index (χ0n) is 15.3. The molecule has 1 aromatic carbocycles. The molecule has 1 aromatic rings. The van der Waals surface area contributed by atoms with E-state index < -0.39 is 0 Å². The Morgan fingerprint density at radius 3 is 2.68 bits per heavy atom. The lowest BCUT2D eigenvalue weighted by molar-refractivity contribution is -0.123. The van der Waals surface area contributed by atoms with Crippen LogP contribution in [0.3, 0.4) is 0 Å². The maximum absolute atomic E-state index is 12.5. The van der Waals surface area contributed by atoms with Gasteiger partial charge in [0.2, 0.25) is 5.91 Å². The van der Waals surface area contributed by atoms with Gasteiger partial charge in [0.25, 0.3) is 0 Å². The van der Waals surface area contributed by atoms with E-state index in [4.69, 9.17) is 9.47 Å². The van der Waals surface area contributed by atoms with E-state index in [9.17, 15) is 4.79 Å². The maximum Gasteiger partial charge on any atom is 0.220 e. The molecule has 0 radical (unpaired) electrons. The number of benzene rings is 1. The van der Waals surface area contributed by atoms with Gasteiger partial charge in [0.15, 0.2) is 11.5 Å². The molecule has 0 saturated carbocycles. The van der Waals surface area contributed by atoms with Crippen molar-refractivity contribution in [2.75, 3.05) is 26.3 Å². The molecule has 0 aromatic heterocycles. The molecule has 2 aliphatic heterocycles. The van der Waals surface area contributed by atoms with Crippen LogP contribution in [-0.4, -0.2) is 32.2 Å². The molecule has 2 unspecified atom stereocenters. The van der Waals surface area contributed by atoms with Crippen LogP contribution in [-0.2, 0) is 4.79 Å². The molecule has 25 heavy (non-hydrogen) atoms. The van der Waals surface area contributed by atoms with Crippen molar-refractivity contribution in [1.82, 2.24) is 10.6 Å². The molecule has 0 aliphatic carbocycles. The van der Waals surface area contributed by atoms with Crippen LogP contribution in [0.4, 0.5) is 0 Å². The predicted octanol–water partition coefficient (Wildman–Crippen LogP) is 3.05. The molecule has 1 fully saturated rings. The topological polar surface area (TPSA) is 59.6 Å². The summed E-state index contributed by atoms with van der Waals surface area (Å²) in [7, 11) is 0. The summed E-state index contributed by atoms with van der Waals surface area (Å²) in [5.41, 5.74) is 1.08. The van der Waals surface area contributed by atoms with E-state index in [-0.39, 0.29) is 11.9 Å². The Labute approximate surface area is 150 Å². The maximum atomic E-state index is 12.5. The standard InChI is InChI=1S/C20H30N2O3/c1-3-17(16-4-5-18-19(13-16)25-11-10-24-18)22-20(23)12-14(2)15-6-8-21-9-7-15/h4-5,13-15,17,21H,3,6-12H2,1-2H3,(H,22,23). The van der Waals surface area contributed by atoms with E-state index in [0.29, 0.717) is 31.5 Å². The number of carbonyl (C=O) groups excluding carboxylic acids is 1. The van der Waals surface area contributed by atoms with E-state index in [2.05, 4.69) is 24.5 Å². The van der Waals surface area contributed by atoms with Crippen molar-refractivity contribution < 1.29 is 14.3 Å². The third-order valence-corrected chi connectivity index (χ3v) is 5.41. The van der Waals surface area contributed by atoms with Crippen LogP contribution in [0.2, 0.25) is 0 Å². The minimum absolute atomic E-state index is 0.0172. The van der Waals surface area contributed by atoms with Crippen molar-refractivity contribution in [3.05, 3.63) is 23.8 Å². The van der Waals surface area contributed by atoms with Crippen molar-refractivity contribution in [1.29, 1.82) is 0 Å². The Morgan fingerprint density at radius 1 is 1.24 bits per heavy atom. The summed E-state index contributed by atoms with van der Waals surface area (Å²) in [6.45, 7) is 7.62. The lowest BCUT2D eigenvalue weighted by Crippen LogP contribution is -2.34. The fourth-order valence-electron chi connectivity index (χ4n) is 3.82. The molecule has 3 rings (SSSR count). The van der Waals surface area contributed by atoms with E-state index in [0.717, 1.165) is 36.6 Å². The van der Waals surface area contributed by atoms with Gasteiger partial charge >= 0.3 is 0 Å². The van der Waals surface area contributed by atoms with Gasteiger partial charge in [-0.25, -0.2) is 0 Å². The van der Waals surface area contributed by atoms with Crippen LogP contribution < -0.4 is 20.1 Å². The van der Waals surface area contributed by atoms with Crippen molar-refractivity contribution in [2.45, 2.75) is 45.6 Å². The molecular weight excluding hydrogens is 316 g/mol. The summed E-state index contributed by atoms with van der Waals surface area (Å²) in [5, 5.41) is 6.60. The average Bonchev–Trinajstić information content (AvgIpc) is 2.66. The van der Waals surface area contributed by atoms with Gasteiger partial charge in [-0.1, -0.05) is 19.9 Å². The molecule has 5 heteroatoms. The third-order valence-electron chi connectivity index (χ3n) is 5.41. The normalized spacial score (nSPS) is 19.9. The van der Waals surface area contributed by atoms with Crippen LogP contribution in [0.25, 0.3) is 0 Å². The summed E-state index contributed by atoms with van der Waals surface area (Å²) in [6.07, 6.45) is 3.81. The quantitative estimate of drug-likeness (QED) is 0.831. The molecule has 2 aliphatic rings. The smallest absolute Gasteiger partial charge is 0.220 e. The SMILES string of the molecule is CCC(NC(=O)CC(C)C1CCNCC1)c1ccc2c(c1)OCCO2. The number of amides is 1. The van der Waals surface area contributed by atoms with Crippen LogP contribution in [0.5, 0.6) is 11.5 Å². The summed E-state index contributed by atoms with van der Waals surface area (Å²) in [5.74, 6) is 2.80. The fourth-order valence-corrected chi connectivity index (χ4v) is 3.82. The molecule has 2 atom stereocenters. The first-order valence-corrected chi connectivity index (χ1v) is 9.57. The summed E-state index contributed by atoms with van der Waals surface area (Å²) in [4.78, 5) is 12.5. The van der Waals surface area contributed by atoms with E-state index in [1.165, 1.54) is 12.8 Å². The van der Waals surface area contributed by atoms with E-state index in [1.807, 2.05) is 18.2 Å². The second kappa shape index (κ2) is 8.56. The Hall–Kier alpha value is -1.75. The van der Waals surface area contributed by atoms with Crippen LogP contribution in [0.15, 0.2) is 18.2 Å². The zero-order valence-corrected chi connectivity index (χ0v) is 15.3. The molecule has 5 nitrogen and oxygen atoms in total. The Balaban J connectivity index is 1.58. The number of piperidine rings is 1. The average molecular weight is 346 g/mol. The number of carbonyl (C=O) groups is 1. The molecule has 1 saturated heterocycles. The Bertz CT molecular complexity index is 584. The Morgan fingerprint density at radius 2 is 1.96 bits per heavy atom. The number of rotatable bonds is 6. The second-order valence-corrected chi connectivity index (χ2v) is 7.20. The molecule has 2 N–H and O–H groups in total. The number of hydrogen-bond donors (Lipinski definition) is 2. The lowest BCUT2D eigenvalue weighted by Gasteiger charge is -2.28. The first kappa shape index (κ1) is 18.1. The van der Waals surface area contributed by atoms with Crippen molar-refractivity contribution in [3.8, 4) is 11.5 Å². The lowest BCUT2D eigenvalue weighted by atomic mass is 9.84. The summed E-state index contributed by atoms with van der Waals surface area (Å²) >= 11 is 0. The van der Waals surface area contributed by atoms with E-state index in [1.54, 1.807) is 0 Å². The van der Waals surface area contributed by atoms with Gasteiger partial charge in [-0.2, -0.15) is 0 Å². The minimum Gasteiger partial charge on any atom is -0.486 e. The molecule has 2 heterocycles. The monoisotopic (exact) mass is 346 g/mol. The van der Waals surface area contributed by atoms with Gasteiger partial charge in [0, 0.05) is 6.42 Å². The third kappa shape index (κ3) is 4.66. The molecular formula is C20H30N2O3. The zero-order chi connectivity index (χ0) is 17.6. The first-order valence-electron chi connectivity index (χ1n) is 9.57. The van der Waals surface area contributed by atoms with Crippen LogP contribution in [0.1, 0.15) is 51.1 Å². The van der Waals surface area contributed by atoms with Gasteiger partial charge in [0.05, 0.1) is 6.04 Å². The van der Waals surface area contributed by atoms with Crippen molar-refractivity contribution in [2.24, 2.45) is 11.8 Å². The highest BCUT2D eigenvalue weighted by Gasteiger charge is 2.23. The number of hydrogen-bond acceptors (Lipinski definition) is 4. The highest BCUT2D eigenvalue weighted by Crippen LogP contribution is 2.33. The highest BCUT2D eigenvalue weighted by atomic mass is 16.6. The molecule has 1 amide bonds. The second-order valence-electron chi connectivity index (χ2n) is 7.20. The molecule has 0 bridgehead atoms. The van der Waals surface area contributed by atoms with E-state index >= 15 is 0 Å². The van der Waals surface area contributed by atoms with Gasteiger partial charge in [-0.3, -0.25) is 4.79 Å². The van der Waals surface area contributed by atoms with Crippen LogP contribution >= 0.6 is 0 Å². The summed E-state index contributed by atoms with van der Waals surface area (Å²) in [6, 6.07) is 5.98. The van der Waals surface area contributed by atoms with Gasteiger partial charge in [-0.05, 0) is 61.9 Å². The van der Waals surface area contributed by atoms with Gasteiger partial charge < -0.3 is 20.1 Å². The minimum atomic E-state index is 0.0172.